The summed E-state index contributed by atoms with van der Waals surface area (Å²) in [5.74, 6) is 0.133. The third-order valence-corrected chi connectivity index (χ3v) is 6.86. The quantitative estimate of drug-likeness (QED) is 0.515. The van der Waals surface area contributed by atoms with E-state index in [1.54, 1.807) is 6.20 Å². The number of piperidine rings is 1. The second-order valence-corrected chi connectivity index (χ2v) is 10.2. The molecule has 3 aromatic rings. The Hall–Kier alpha value is -3.06. The molecule has 0 unspecified atom stereocenters. The summed E-state index contributed by atoms with van der Waals surface area (Å²) in [6.45, 7) is 11.0. The molecule has 3 heterocycles. The van der Waals surface area contributed by atoms with Crippen LogP contribution < -0.4 is 10.6 Å². The number of nitrogens with zero attached hydrogens (tertiary/aromatic N) is 4. The molecule has 0 spiro atoms. The molecule has 1 saturated heterocycles. The molecule has 6 nitrogen and oxygen atoms in total. The number of halogens is 1. The molecule has 0 amide bonds. The Morgan fingerprint density at radius 2 is 1.79 bits per heavy atom. The minimum absolute atomic E-state index is 0.00509. The number of anilines is 3. The zero-order chi connectivity index (χ0) is 23.8. The highest BCUT2D eigenvalue weighted by molar-refractivity contribution is 5.71. The standard InChI is InChI=1S/C26H33FN6/c1-17-10-11-28-15-21(17)18-8-7-9-19(12-18)31-24-29-16-22(27)23(32-24)30-20-13-25(2,3)33(6)26(4,5)14-20/h7-12,15-16,20H,13-14H2,1-6H3,(H2,29,30,31,32). The molecule has 174 valence electrons. The Bertz CT molecular complexity index is 1130. The van der Waals surface area contributed by atoms with Gasteiger partial charge in [0.2, 0.25) is 5.95 Å². The zero-order valence-electron chi connectivity index (χ0n) is 20.3. The molecule has 0 atom stereocenters. The number of hydrogen-bond donors (Lipinski definition) is 2. The number of rotatable bonds is 5. The molecular formula is C26H33FN6. The lowest BCUT2D eigenvalue weighted by atomic mass is 9.77. The molecule has 0 aliphatic carbocycles. The molecule has 1 aliphatic rings. The number of nitrogens with one attached hydrogen (secondary N) is 2. The Morgan fingerprint density at radius 3 is 2.48 bits per heavy atom. The normalized spacial score (nSPS) is 18.2. The van der Waals surface area contributed by atoms with Crippen LogP contribution in [0.5, 0.6) is 0 Å². The van der Waals surface area contributed by atoms with Crippen molar-refractivity contribution in [2.24, 2.45) is 0 Å². The highest BCUT2D eigenvalue weighted by Crippen LogP contribution is 2.38. The van der Waals surface area contributed by atoms with Crippen LogP contribution in [0.1, 0.15) is 46.1 Å². The predicted molar refractivity (Wildman–Crippen MR) is 132 cm³/mol. The van der Waals surface area contributed by atoms with Gasteiger partial charge >= 0.3 is 0 Å². The van der Waals surface area contributed by atoms with Crippen LogP contribution in [0, 0.1) is 12.7 Å². The first-order chi connectivity index (χ1) is 15.5. The summed E-state index contributed by atoms with van der Waals surface area (Å²) in [5.41, 5.74) is 4.08. The van der Waals surface area contributed by atoms with Gasteiger partial charge in [0.25, 0.3) is 0 Å². The molecule has 33 heavy (non-hydrogen) atoms. The lowest BCUT2D eigenvalue weighted by Crippen LogP contribution is -2.61. The number of hydrogen-bond acceptors (Lipinski definition) is 6. The van der Waals surface area contributed by atoms with Crippen LogP contribution in [0.2, 0.25) is 0 Å². The van der Waals surface area contributed by atoms with Gasteiger partial charge in [-0.2, -0.15) is 4.98 Å². The zero-order valence-corrected chi connectivity index (χ0v) is 20.3. The molecule has 2 aromatic heterocycles. The fourth-order valence-corrected chi connectivity index (χ4v) is 4.86. The number of benzene rings is 1. The van der Waals surface area contributed by atoms with Gasteiger partial charge in [0.1, 0.15) is 0 Å². The van der Waals surface area contributed by atoms with Crippen LogP contribution >= 0.6 is 0 Å². The van der Waals surface area contributed by atoms with Crippen LogP contribution in [0.4, 0.5) is 21.8 Å². The Balaban J connectivity index is 1.54. The van der Waals surface area contributed by atoms with Crippen molar-refractivity contribution in [2.45, 2.75) is 64.6 Å². The predicted octanol–water partition coefficient (Wildman–Crippen LogP) is 5.79. The molecule has 7 heteroatoms. The van der Waals surface area contributed by atoms with E-state index < -0.39 is 5.82 Å². The maximum atomic E-state index is 14.6. The van der Waals surface area contributed by atoms with Crippen molar-refractivity contribution in [1.82, 2.24) is 19.9 Å². The van der Waals surface area contributed by atoms with Gasteiger partial charge in [-0.3, -0.25) is 9.88 Å². The van der Waals surface area contributed by atoms with Gasteiger partial charge in [0.15, 0.2) is 11.6 Å². The maximum absolute atomic E-state index is 14.6. The summed E-state index contributed by atoms with van der Waals surface area (Å²) in [4.78, 5) is 15.3. The van der Waals surface area contributed by atoms with Crippen molar-refractivity contribution in [3.63, 3.8) is 0 Å². The summed E-state index contributed by atoms with van der Waals surface area (Å²) in [6, 6.07) is 10.1. The monoisotopic (exact) mass is 448 g/mol. The average Bonchev–Trinajstić information content (AvgIpc) is 2.74. The Morgan fingerprint density at radius 1 is 1.06 bits per heavy atom. The number of aromatic nitrogens is 3. The molecule has 0 saturated carbocycles. The van der Waals surface area contributed by atoms with Crippen molar-refractivity contribution < 1.29 is 4.39 Å². The van der Waals surface area contributed by atoms with Gasteiger partial charge in [-0.05, 0) is 83.8 Å². The van der Waals surface area contributed by atoms with Gasteiger partial charge in [0, 0.05) is 40.8 Å². The highest BCUT2D eigenvalue weighted by Gasteiger charge is 2.43. The number of pyridine rings is 1. The first-order valence-corrected chi connectivity index (χ1v) is 11.4. The second-order valence-electron chi connectivity index (χ2n) is 10.2. The van der Waals surface area contributed by atoms with Crippen LogP contribution in [0.3, 0.4) is 0 Å². The lowest BCUT2D eigenvalue weighted by Gasteiger charge is -2.53. The number of likely N-dealkylation sites (tertiary alicyclic amines) is 1. The summed E-state index contributed by atoms with van der Waals surface area (Å²) >= 11 is 0. The van der Waals surface area contributed by atoms with E-state index in [1.165, 1.54) is 6.20 Å². The molecule has 1 aromatic carbocycles. The van der Waals surface area contributed by atoms with Gasteiger partial charge in [-0.25, -0.2) is 9.37 Å². The molecule has 0 bridgehead atoms. The fourth-order valence-electron chi connectivity index (χ4n) is 4.86. The van der Waals surface area contributed by atoms with E-state index in [2.05, 4.69) is 72.2 Å². The summed E-state index contributed by atoms with van der Waals surface area (Å²) < 4.78 is 14.6. The van der Waals surface area contributed by atoms with E-state index in [1.807, 2.05) is 36.5 Å². The third kappa shape index (κ3) is 4.98. The Labute approximate surface area is 195 Å². The van der Waals surface area contributed by atoms with Crippen molar-refractivity contribution in [3.8, 4) is 11.1 Å². The van der Waals surface area contributed by atoms with Crippen molar-refractivity contribution in [3.05, 3.63) is 60.3 Å². The van der Waals surface area contributed by atoms with Crippen LogP contribution in [0.25, 0.3) is 11.1 Å². The smallest absolute Gasteiger partial charge is 0.229 e. The highest BCUT2D eigenvalue weighted by atomic mass is 19.1. The van der Waals surface area contributed by atoms with E-state index in [0.717, 1.165) is 35.2 Å². The third-order valence-electron chi connectivity index (χ3n) is 6.86. The van der Waals surface area contributed by atoms with Gasteiger partial charge < -0.3 is 10.6 Å². The minimum atomic E-state index is -0.449. The lowest BCUT2D eigenvalue weighted by molar-refractivity contribution is -0.00778. The fraction of sp³-hybridized carbons (Fsp3) is 0.423. The van der Waals surface area contributed by atoms with Gasteiger partial charge in [-0.15, -0.1) is 0 Å². The molecule has 4 rings (SSSR count). The van der Waals surface area contributed by atoms with Crippen molar-refractivity contribution >= 4 is 17.5 Å². The van der Waals surface area contributed by atoms with E-state index in [-0.39, 0.29) is 22.9 Å². The largest absolute Gasteiger partial charge is 0.365 e. The number of aryl methyl sites for hydroxylation is 1. The van der Waals surface area contributed by atoms with Crippen LogP contribution in [0.15, 0.2) is 48.9 Å². The summed E-state index contributed by atoms with van der Waals surface area (Å²) in [5, 5.41) is 6.57. The Kier molecular flexibility index (Phi) is 6.10. The topological polar surface area (TPSA) is 66.0 Å². The first kappa shape index (κ1) is 23.1. The van der Waals surface area contributed by atoms with Crippen molar-refractivity contribution in [2.75, 3.05) is 17.7 Å². The maximum Gasteiger partial charge on any atom is 0.229 e. The van der Waals surface area contributed by atoms with E-state index in [4.69, 9.17) is 0 Å². The molecule has 1 aliphatic heterocycles. The van der Waals surface area contributed by atoms with Gasteiger partial charge in [-0.1, -0.05) is 12.1 Å². The molecule has 2 N–H and O–H groups in total. The molecule has 0 radical (unpaired) electrons. The van der Waals surface area contributed by atoms with Crippen LogP contribution in [-0.4, -0.2) is 44.0 Å². The molecule has 1 fully saturated rings. The second kappa shape index (κ2) is 8.71. The molecular weight excluding hydrogens is 415 g/mol. The van der Waals surface area contributed by atoms with E-state index in [9.17, 15) is 4.39 Å². The van der Waals surface area contributed by atoms with E-state index in [0.29, 0.717) is 5.95 Å². The summed E-state index contributed by atoms with van der Waals surface area (Å²) in [6.07, 6.45) is 6.65. The summed E-state index contributed by atoms with van der Waals surface area (Å²) in [7, 11) is 2.16. The van der Waals surface area contributed by atoms with E-state index >= 15 is 0 Å². The first-order valence-electron chi connectivity index (χ1n) is 11.4. The minimum Gasteiger partial charge on any atom is -0.365 e. The SMILES string of the molecule is Cc1ccncc1-c1cccc(Nc2ncc(F)c(NC3CC(C)(C)N(C)C(C)(C)C3)n2)c1. The van der Waals surface area contributed by atoms with Crippen LogP contribution in [-0.2, 0) is 0 Å². The van der Waals surface area contributed by atoms with Gasteiger partial charge in [0.05, 0.1) is 6.20 Å². The average molecular weight is 449 g/mol. The van der Waals surface area contributed by atoms with Crippen molar-refractivity contribution in [1.29, 1.82) is 0 Å².